The Bertz CT molecular complexity index is 768. The minimum Gasteiger partial charge on any atom is -0.475 e. The zero-order chi connectivity index (χ0) is 15.6. The van der Waals surface area contributed by atoms with Gasteiger partial charge in [-0.15, -0.1) is 0 Å². The monoisotopic (exact) mass is 313 g/mol. The molecule has 1 aromatic heterocycles. The summed E-state index contributed by atoms with van der Waals surface area (Å²) in [4.78, 5) is 10.7. The molecule has 0 fully saturated rings. The van der Waals surface area contributed by atoms with Gasteiger partial charge in [0.15, 0.2) is 0 Å². The van der Waals surface area contributed by atoms with Crippen LogP contribution in [0.3, 0.4) is 0 Å². The number of carbonyl (C=O) groups is 1. The molecule has 0 radical (unpaired) electrons. The maximum atomic E-state index is 13.1. The third-order valence-electron chi connectivity index (χ3n) is 2.74. The van der Waals surface area contributed by atoms with Gasteiger partial charge in [-0.05, 0) is 36.8 Å². The Kier molecular flexibility index (Phi) is 4.10. The maximum Gasteiger partial charge on any atom is 0.371 e. The molecule has 0 amide bonds. The fourth-order valence-corrected chi connectivity index (χ4v) is 2.88. The van der Waals surface area contributed by atoms with Crippen LogP contribution in [0.4, 0.5) is 4.39 Å². The van der Waals surface area contributed by atoms with E-state index in [0.29, 0.717) is 5.56 Å². The summed E-state index contributed by atoms with van der Waals surface area (Å²) >= 11 is 0. The summed E-state index contributed by atoms with van der Waals surface area (Å²) in [5.74, 6) is -2.33. The first-order valence-corrected chi connectivity index (χ1v) is 7.39. The van der Waals surface area contributed by atoms with Crippen molar-refractivity contribution < 1.29 is 27.1 Å². The number of aromatic carboxylic acids is 1. The molecule has 0 aliphatic carbocycles. The number of benzene rings is 1. The summed E-state index contributed by atoms with van der Waals surface area (Å²) in [6.45, 7) is 1.54. The second-order valence-electron chi connectivity index (χ2n) is 4.32. The molecule has 6 nitrogen and oxygen atoms in total. The highest BCUT2D eigenvalue weighted by Gasteiger charge is 2.23. The number of carboxylic acid groups (broad SMARTS) is 1. The molecule has 0 bridgehead atoms. The Hall–Kier alpha value is -2.19. The highest BCUT2D eigenvalue weighted by atomic mass is 32.2. The lowest BCUT2D eigenvalue weighted by Crippen LogP contribution is -2.26. The van der Waals surface area contributed by atoms with E-state index < -0.39 is 38.7 Å². The van der Waals surface area contributed by atoms with Crippen molar-refractivity contribution in [3.05, 3.63) is 53.5 Å². The van der Waals surface area contributed by atoms with Crippen molar-refractivity contribution in [2.45, 2.75) is 18.1 Å². The van der Waals surface area contributed by atoms with Gasteiger partial charge in [0.25, 0.3) is 10.0 Å². The van der Waals surface area contributed by atoms with Gasteiger partial charge in [-0.1, -0.05) is 12.1 Å². The molecule has 0 saturated carbocycles. The molecule has 2 rings (SSSR count). The normalized spacial score (nSPS) is 13.0. The topological polar surface area (TPSA) is 96.6 Å². The smallest absolute Gasteiger partial charge is 0.371 e. The standard InChI is InChI=1S/C13H12FNO5S/c1-8(9-3-2-4-10(14)7-9)15-21(18,19)12-6-5-11(20-12)13(16)17/h2-8,15H,1H3,(H,16,17)/t8-/m0/s1. The van der Waals surface area contributed by atoms with E-state index in [0.717, 1.165) is 12.1 Å². The number of nitrogens with one attached hydrogen (secondary N) is 1. The van der Waals surface area contributed by atoms with Crippen molar-refractivity contribution in [2.24, 2.45) is 0 Å². The van der Waals surface area contributed by atoms with E-state index >= 15 is 0 Å². The first-order chi connectivity index (χ1) is 9.79. The van der Waals surface area contributed by atoms with Crippen molar-refractivity contribution in [1.82, 2.24) is 4.72 Å². The third-order valence-corrected chi connectivity index (χ3v) is 4.15. The van der Waals surface area contributed by atoms with Gasteiger partial charge in [-0.2, -0.15) is 0 Å². The van der Waals surface area contributed by atoms with E-state index in [4.69, 9.17) is 9.52 Å². The number of sulfonamides is 1. The lowest BCUT2D eigenvalue weighted by atomic mass is 10.1. The van der Waals surface area contributed by atoms with Crippen LogP contribution in [0.1, 0.15) is 29.1 Å². The minimum absolute atomic E-state index is 0.434. The Morgan fingerprint density at radius 2 is 2.05 bits per heavy atom. The molecule has 0 unspecified atom stereocenters. The summed E-state index contributed by atoms with van der Waals surface area (Å²) < 4.78 is 44.2. The molecule has 2 aromatic rings. The number of hydrogen-bond acceptors (Lipinski definition) is 4. The van der Waals surface area contributed by atoms with E-state index in [1.807, 2.05) is 0 Å². The highest BCUT2D eigenvalue weighted by Crippen LogP contribution is 2.19. The van der Waals surface area contributed by atoms with Crippen LogP contribution in [0.15, 0.2) is 45.9 Å². The van der Waals surface area contributed by atoms with Crippen molar-refractivity contribution >= 4 is 16.0 Å². The Labute approximate surface area is 120 Å². The molecule has 0 aliphatic rings. The van der Waals surface area contributed by atoms with Gasteiger partial charge in [0.1, 0.15) is 5.82 Å². The summed E-state index contributed by atoms with van der Waals surface area (Å²) in [6.07, 6.45) is 0. The zero-order valence-corrected chi connectivity index (χ0v) is 11.7. The molecule has 1 aromatic carbocycles. The number of furan rings is 1. The van der Waals surface area contributed by atoms with Crippen LogP contribution in [-0.4, -0.2) is 19.5 Å². The van der Waals surface area contributed by atoms with Gasteiger partial charge in [0.2, 0.25) is 10.9 Å². The molecular formula is C13H12FNO5S. The number of hydrogen-bond donors (Lipinski definition) is 2. The number of carboxylic acids is 1. The zero-order valence-electron chi connectivity index (χ0n) is 10.9. The average molecular weight is 313 g/mol. The van der Waals surface area contributed by atoms with Crippen molar-refractivity contribution in [1.29, 1.82) is 0 Å². The van der Waals surface area contributed by atoms with Gasteiger partial charge in [0.05, 0.1) is 0 Å². The average Bonchev–Trinajstić information content (AvgIpc) is 2.88. The van der Waals surface area contributed by atoms with E-state index in [1.165, 1.54) is 25.1 Å². The van der Waals surface area contributed by atoms with E-state index in [-0.39, 0.29) is 0 Å². The summed E-state index contributed by atoms with van der Waals surface area (Å²) in [5.41, 5.74) is 0.434. The van der Waals surface area contributed by atoms with Gasteiger partial charge < -0.3 is 9.52 Å². The molecule has 112 valence electrons. The summed E-state index contributed by atoms with van der Waals surface area (Å²) in [6, 6.07) is 6.87. The van der Waals surface area contributed by atoms with Crippen molar-refractivity contribution in [3.63, 3.8) is 0 Å². The van der Waals surface area contributed by atoms with Gasteiger partial charge in [0, 0.05) is 6.04 Å². The van der Waals surface area contributed by atoms with Crippen LogP contribution in [0.25, 0.3) is 0 Å². The molecule has 0 spiro atoms. The molecule has 8 heteroatoms. The largest absolute Gasteiger partial charge is 0.475 e. The van der Waals surface area contributed by atoms with E-state index in [9.17, 15) is 17.6 Å². The molecular weight excluding hydrogens is 301 g/mol. The quantitative estimate of drug-likeness (QED) is 0.881. The summed E-state index contributed by atoms with van der Waals surface area (Å²) in [7, 11) is -4.04. The molecule has 1 heterocycles. The van der Waals surface area contributed by atoms with Crippen LogP contribution >= 0.6 is 0 Å². The van der Waals surface area contributed by atoms with Gasteiger partial charge in [-0.25, -0.2) is 22.3 Å². The summed E-state index contributed by atoms with van der Waals surface area (Å²) in [5, 5.41) is 8.19. The van der Waals surface area contributed by atoms with E-state index in [2.05, 4.69) is 4.72 Å². The predicted octanol–water partition coefficient (Wildman–Crippen LogP) is 2.16. The Balaban J connectivity index is 2.22. The van der Waals surface area contributed by atoms with Gasteiger partial charge >= 0.3 is 5.97 Å². The van der Waals surface area contributed by atoms with Gasteiger partial charge in [-0.3, -0.25) is 0 Å². The molecule has 2 N–H and O–H groups in total. The van der Waals surface area contributed by atoms with E-state index in [1.54, 1.807) is 6.07 Å². The molecule has 0 saturated heterocycles. The third kappa shape index (κ3) is 3.47. The maximum absolute atomic E-state index is 13.1. The predicted molar refractivity (Wildman–Crippen MR) is 70.8 cm³/mol. The minimum atomic E-state index is -4.04. The highest BCUT2D eigenvalue weighted by molar-refractivity contribution is 7.89. The molecule has 1 atom stereocenters. The first kappa shape index (κ1) is 15.2. The number of rotatable bonds is 5. The van der Waals surface area contributed by atoms with Crippen LogP contribution in [0.5, 0.6) is 0 Å². The Morgan fingerprint density at radius 3 is 2.62 bits per heavy atom. The van der Waals surface area contributed by atoms with Crippen LogP contribution < -0.4 is 4.72 Å². The molecule has 21 heavy (non-hydrogen) atoms. The van der Waals surface area contributed by atoms with Crippen molar-refractivity contribution in [2.75, 3.05) is 0 Å². The lowest BCUT2D eigenvalue weighted by molar-refractivity contribution is 0.0656. The Morgan fingerprint density at radius 1 is 1.33 bits per heavy atom. The molecule has 0 aliphatic heterocycles. The van der Waals surface area contributed by atoms with Crippen LogP contribution in [-0.2, 0) is 10.0 Å². The fourth-order valence-electron chi connectivity index (χ4n) is 1.71. The second-order valence-corrected chi connectivity index (χ2v) is 5.97. The van der Waals surface area contributed by atoms with Crippen molar-refractivity contribution in [3.8, 4) is 0 Å². The van der Waals surface area contributed by atoms with Crippen LogP contribution in [0.2, 0.25) is 0 Å². The lowest BCUT2D eigenvalue weighted by Gasteiger charge is -2.13. The fraction of sp³-hybridized carbons (Fsp3) is 0.154. The number of halogens is 1. The first-order valence-electron chi connectivity index (χ1n) is 5.90. The SMILES string of the molecule is C[C@H](NS(=O)(=O)c1ccc(C(=O)O)o1)c1cccc(F)c1. The van der Waals surface area contributed by atoms with Crippen LogP contribution in [0, 0.1) is 5.82 Å². The second kappa shape index (κ2) is 5.66.